The quantitative estimate of drug-likeness (QED) is 0.658. The monoisotopic (exact) mass is 419 g/mol. The van der Waals surface area contributed by atoms with Gasteiger partial charge in [-0.25, -0.2) is 17.6 Å². The predicted molar refractivity (Wildman–Crippen MR) is 102 cm³/mol. The van der Waals surface area contributed by atoms with Crippen molar-refractivity contribution in [3.8, 4) is 0 Å². The Bertz CT molecular complexity index is 816. The molecule has 1 aliphatic heterocycles. The molecule has 1 fully saturated rings. The van der Waals surface area contributed by atoms with Gasteiger partial charge in [0.15, 0.2) is 9.84 Å². The zero-order valence-electron chi connectivity index (χ0n) is 15.1. The van der Waals surface area contributed by atoms with Crippen LogP contribution in [0.3, 0.4) is 0 Å². The van der Waals surface area contributed by atoms with Crippen molar-refractivity contribution >= 4 is 39.1 Å². The molecule has 0 radical (unpaired) electrons. The van der Waals surface area contributed by atoms with E-state index in [0.29, 0.717) is 18.5 Å². The molecule has 0 aliphatic carbocycles. The second kappa shape index (κ2) is 8.88. The Morgan fingerprint density at radius 1 is 1.33 bits per heavy atom. The van der Waals surface area contributed by atoms with Crippen molar-refractivity contribution < 1.29 is 22.4 Å². The summed E-state index contributed by atoms with van der Waals surface area (Å²) in [4.78, 5) is 24.7. The normalized spacial score (nSPS) is 19.5. The van der Waals surface area contributed by atoms with E-state index in [-0.39, 0.29) is 22.4 Å². The molecule has 1 heterocycles. The molecule has 10 heteroatoms. The van der Waals surface area contributed by atoms with Gasteiger partial charge in [0.1, 0.15) is 11.9 Å². The van der Waals surface area contributed by atoms with E-state index in [2.05, 4.69) is 16.0 Å². The molecule has 0 unspecified atom stereocenters. The molecule has 3 N–H and O–H groups in total. The summed E-state index contributed by atoms with van der Waals surface area (Å²) in [6.07, 6.45) is 0.724. The summed E-state index contributed by atoms with van der Waals surface area (Å²) in [5, 5.41) is 7.65. The molecule has 1 saturated heterocycles. The Kier molecular flexibility index (Phi) is 7.05. The van der Waals surface area contributed by atoms with Crippen LogP contribution in [0.15, 0.2) is 18.2 Å². The molecule has 0 saturated carbocycles. The molecule has 150 valence electrons. The summed E-state index contributed by atoms with van der Waals surface area (Å²) in [7, 11) is -3.12. The number of hydrogen-bond donors (Lipinski definition) is 3. The first-order valence-electron chi connectivity index (χ1n) is 8.59. The van der Waals surface area contributed by atoms with Gasteiger partial charge in [0.05, 0.1) is 16.5 Å². The minimum Gasteiger partial charge on any atom is -0.334 e. The molecule has 1 aliphatic rings. The molecule has 27 heavy (non-hydrogen) atoms. The molecular formula is C17H23ClFN3O4S. The Balaban J connectivity index is 1.99. The zero-order chi connectivity index (χ0) is 20.2. The van der Waals surface area contributed by atoms with Crippen LogP contribution in [0.25, 0.3) is 0 Å². The molecule has 0 spiro atoms. The molecule has 2 rings (SSSR count). The van der Waals surface area contributed by atoms with Crippen molar-refractivity contribution in [1.82, 2.24) is 10.6 Å². The van der Waals surface area contributed by atoms with Crippen molar-refractivity contribution in [2.45, 2.75) is 38.8 Å². The van der Waals surface area contributed by atoms with Gasteiger partial charge in [0.2, 0.25) is 5.91 Å². The van der Waals surface area contributed by atoms with E-state index in [9.17, 15) is 22.4 Å². The number of benzene rings is 1. The highest BCUT2D eigenvalue weighted by Crippen LogP contribution is 2.20. The summed E-state index contributed by atoms with van der Waals surface area (Å²) in [5.41, 5.74) is 0.309. The summed E-state index contributed by atoms with van der Waals surface area (Å²) in [6.45, 7) is 3.80. The second-order valence-electron chi connectivity index (χ2n) is 7.02. The number of nitrogens with one attached hydrogen (secondary N) is 3. The molecule has 1 aromatic carbocycles. The first-order chi connectivity index (χ1) is 12.6. The van der Waals surface area contributed by atoms with Crippen LogP contribution in [0, 0.1) is 11.7 Å². The smallest absolute Gasteiger partial charge is 0.315 e. The third kappa shape index (κ3) is 6.66. The number of hydrogen-bond acceptors (Lipinski definition) is 4. The molecule has 0 bridgehead atoms. The maximum Gasteiger partial charge on any atom is 0.315 e. The SMILES string of the molecule is CC(C)C[C@H](NC(=O)N[C@@H]1CCS(=O)(=O)C1)C(=O)Nc1ccc(F)c(Cl)c1. The van der Waals surface area contributed by atoms with Crippen molar-refractivity contribution in [3.63, 3.8) is 0 Å². The van der Waals surface area contributed by atoms with E-state index in [4.69, 9.17) is 11.6 Å². The molecule has 7 nitrogen and oxygen atoms in total. The predicted octanol–water partition coefficient (Wildman–Crippen LogP) is 2.32. The molecule has 2 atom stereocenters. The average molecular weight is 420 g/mol. The summed E-state index contributed by atoms with van der Waals surface area (Å²) >= 11 is 5.71. The summed E-state index contributed by atoms with van der Waals surface area (Å²) in [5.74, 6) is -1.02. The van der Waals surface area contributed by atoms with Crippen LogP contribution < -0.4 is 16.0 Å². The number of carbonyl (C=O) groups excluding carboxylic acids is 2. The lowest BCUT2D eigenvalue weighted by atomic mass is 10.0. The van der Waals surface area contributed by atoms with Crippen LogP contribution in [0.1, 0.15) is 26.7 Å². The van der Waals surface area contributed by atoms with E-state index in [1.54, 1.807) is 0 Å². The zero-order valence-corrected chi connectivity index (χ0v) is 16.7. The van der Waals surface area contributed by atoms with E-state index in [1.165, 1.54) is 12.1 Å². The Labute approximate surface area is 163 Å². The topological polar surface area (TPSA) is 104 Å². The van der Waals surface area contributed by atoms with Crippen LogP contribution in [0.4, 0.5) is 14.9 Å². The van der Waals surface area contributed by atoms with Gasteiger partial charge in [0.25, 0.3) is 0 Å². The number of sulfone groups is 1. The first kappa shape index (κ1) is 21.4. The number of anilines is 1. The number of amides is 3. The number of rotatable bonds is 6. The third-order valence-corrected chi connectivity index (χ3v) is 6.14. The largest absolute Gasteiger partial charge is 0.334 e. The lowest BCUT2D eigenvalue weighted by molar-refractivity contribution is -0.118. The highest BCUT2D eigenvalue weighted by atomic mass is 35.5. The standard InChI is InChI=1S/C17H23ClFN3O4S/c1-10(2)7-15(16(23)20-11-3-4-14(19)13(18)8-11)22-17(24)21-12-5-6-27(25,26)9-12/h3-4,8,10,12,15H,5-7,9H2,1-2H3,(H,20,23)(H2,21,22,24)/t12-,15+/m1/s1. The summed E-state index contributed by atoms with van der Waals surface area (Å²) in [6, 6.07) is 1.88. The second-order valence-corrected chi connectivity index (χ2v) is 9.65. The Morgan fingerprint density at radius 2 is 2.04 bits per heavy atom. The van der Waals surface area contributed by atoms with E-state index in [0.717, 1.165) is 6.07 Å². The minimum absolute atomic E-state index is 0.0409. The van der Waals surface area contributed by atoms with Crippen LogP contribution in [-0.2, 0) is 14.6 Å². The molecule has 1 aromatic rings. The van der Waals surface area contributed by atoms with E-state index < -0.39 is 39.7 Å². The van der Waals surface area contributed by atoms with Crippen molar-refractivity contribution in [2.24, 2.45) is 5.92 Å². The van der Waals surface area contributed by atoms with Crippen LogP contribution in [0.5, 0.6) is 0 Å². The highest BCUT2D eigenvalue weighted by Gasteiger charge is 2.30. The molecule has 3 amide bonds. The summed E-state index contributed by atoms with van der Waals surface area (Å²) < 4.78 is 36.2. The van der Waals surface area contributed by atoms with Gasteiger partial charge in [-0.1, -0.05) is 25.4 Å². The van der Waals surface area contributed by atoms with Gasteiger partial charge < -0.3 is 16.0 Å². The number of urea groups is 1. The van der Waals surface area contributed by atoms with Crippen molar-refractivity contribution in [1.29, 1.82) is 0 Å². The van der Waals surface area contributed by atoms with Gasteiger partial charge >= 0.3 is 6.03 Å². The lowest BCUT2D eigenvalue weighted by Gasteiger charge is -2.21. The fourth-order valence-electron chi connectivity index (χ4n) is 2.80. The Hall–Kier alpha value is -1.87. The van der Waals surface area contributed by atoms with Gasteiger partial charge in [-0.05, 0) is 37.0 Å². The van der Waals surface area contributed by atoms with Crippen LogP contribution in [-0.4, -0.2) is 43.9 Å². The molecular weight excluding hydrogens is 397 g/mol. The lowest BCUT2D eigenvalue weighted by Crippen LogP contribution is -2.51. The maximum absolute atomic E-state index is 13.2. The minimum atomic E-state index is -3.12. The Morgan fingerprint density at radius 3 is 2.59 bits per heavy atom. The number of carbonyl (C=O) groups is 2. The van der Waals surface area contributed by atoms with Gasteiger partial charge in [-0.3, -0.25) is 4.79 Å². The third-order valence-electron chi connectivity index (χ3n) is 4.08. The highest BCUT2D eigenvalue weighted by molar-refractivity contribution is 7.91. The van der Waals surface area contributed by atoms with Gasteiger partial charge in [-0.15, -0.1) is 0 Å². The van der Waals surface area contributed by atoms with E-state index >= 15 is 0 Å². The average Bonchev–Trinajstić information content (AvgIpc) is 2.88. The van der Waals surface area contributed by atoms with Gasteiger partial charge in [-0.2, -0.15) is 0 Å². The van der Waals surface area contributed by atoms with Crippen molar-refractivity contribution in [3.05, 3.63) is 29.0 Å². The van der Waals surface area contributed by atoms with Gasteiger partial charge in [0, 0.05) is 11.7 Å². The number of halogens is 2. The van der Waals surface area contributed by atoms with Crippen molar-refractivity contribution in [2.75, 3.05) is 16.8 Å². The van der Waals surface area contributed by atoms with Crippen LogP contribution in [0.2, 0.25) is 5.02 Å². The fourth-order valence-corrected chi connectivity index (χ4v) is 4.65. The fraction of sp³-hybridized carbons (Fsp3) is 0.529. The van der Waals surface area contributed by atoms with Crippen LogP contribution >= 0.6 is 11.6 Å². The van der Waals surface area contributed by atoms with E-state index in [1.807, 2.05) is 13.8 Å². The maximum atomic E-state index is 13.2. The molecule has 0 aromatic heterocycles. The first-order valence-corrected chi connectivity index (χ1v) is 10.8.